The standard InChI is InChI=1S/C7H16N2O.C6H11NO2/c1-4-8-7(10)5-9-6(2)3;1-5(2)6(9)3-7-4-8/h6,9H,4-5H2,1-3H3,(H,8,10);4-5H,3H2,1-2H3,(H,7,8). The Hall–Kier alpha value is -1.43. The van der Waals surface area contributed by atoms with Crippen LogP contribution in [0.3, 0.4) is 0 Å². The Morgan fingerprint density at radius 2 is 1.68 bits per heavy atom. The second kappa shape index (κ2) is 13.0. The molecule has 0 aliphatic rings. The van der Waals surface area contributed by atoms with E-state index in [0.717, 1.165) is 0 Å². The van der Waals surface area contributed by atoms with Gasteiger partial charge in [0.2, 0.25) is 12.3 Å². The van der Waals surface area contributed by atoms with E-state index in [-0.39, 0.29) is 24.2 Å². The second-order valence-electron chi connectivity index (χ2n) is 4.61. The molecule has 0 aliphatic carbocycles. The van der Waals surface area contributed by atoms with Crippen molar-refractivity contribution in [2.45, 2.75) is 40.7 Å². The van der Waals surface area contributed by atoms with Gasteiger partial charge in [0.25, 0.3) is 0 Å². The summed E-state index contributed by atoms with van der Waals surface area (Å²) in [5.74, 6) is 0.135. The van der Waals surface area contributed by atoms with Crippen molar-refractivity contribution in [2.75, 3.05) is 19.6 Å². The fourth-order valence-electron chi connectivity index (χ4n) is 0.903. The summed E-state index contributed by atoms with van der Waals surface area (Å²) in [5, 5.41) is 8.02. The van der Waals surface area contributed by atoms with Crippen molar-refractivity contribution in [1.29, 1.82) is 0 Å². The second-order valence-corrected chi connectivity index (χ2v) is 4.61. The van der Waals surface area contributed by atoms with E-state index in [9.17, 15) is 14.4 Å². The highest BCUT2D eigenvalue weighted by atomic mass is 16.2. The lowest BCUT2D eigenvalue weighted by Crippen LogP contribution is -2.36. The molecule has 0 aromatic rings. The highest BCUT2D eigenvalue weighted by Gasteiger charge is 2.04. The molecule has 0 atom stereocenters. The van der Waals surface area contributed by atoms with Gasteiger partial charge in [-0.05, 0) is 6.92 Å². The number of amides is 2. The van der Waals surface area contributed by atoms with Crippen LogP contribution in [0.4, 0.5) is 0 Å². The van der Waals surface area contributed by atoms with Crippen molar-refractivity contribution in [3.8, 4) is 0 Å². The number of nitrogens with one attached hydrogen (secondary N) is 3. The van der Waals surface area contributed by atoms with Gasteiger partial charge in [-0.3, -0.25) is 14.4 Å². The highest BCUT2D eigenvalue weighted by molar-refractivity contribution is 5.83. The van der Waals surface area contributed by atoms with Gasteiger partial charge >= 0.3 is 0 Å². The van der Waals surface area contributed by atoms with Crippen molar-refractivity contribution >= 4 is 18.1 Å². The number of carbonyl (C=O) groups excluding carboxylic acids is 3. The van der Waals surface area contributed by atoms with E-state index in [1.165, 1.54) is 0 Å². The summed E-state index contributed by atoms with van der Waals surface area (Å²) in [6.45, 7) is 10.8. The molecule has 0 aromatic heterocycles. The molecule has 3 N–H and O–H groups in total. The summed E-state index contributed by atoms with van der Waals surface area (Å²) in [5.41, 5.74) is 0. The highest BCUT2D eigenvalue weighted by Crippen LogP contribution is 1.90. The van der Waals surface area contributed by atoms with Gasteiger partial charge in [-0.25, -0.2) is 0 Å². The van der Waals surface area contributed by atoms with Crippen LogP contribution in [0.2, 0.25) is 0 Å². The number of rotatable bonds is 8. The van der Waals surface area contributed by atoms with Crippen LogP contribution < -0.4 is 16.0 Å². The molecule has 0 aromatic carbocycles. The number of ketones is 1. The summed E-state index contributed by atoms with van der Waals surface area (Å²) in [4.78, 5) is 31.1. The third kappa shape index (κ3) is 16.6. The zero-order chi connectivity index (χ0) is 15.3. The number of hydrogen-bond donors (Lipinski definition) is 3. The van der Waals surface area contributed by atoms with Crippen LogP contribution in [-0.2, 0) is 14.4 Å². The summed E-state index contributed by atoms with van der Waals surface area (Å²) < 4.78 is 0. The first-order chi connectivity index (χ1) is 8.84. The lowest BCUT2D eigenvalue weighted by molar-refractivity contribution is -0.122. The lowest BCUT2D eigenvalue weighted by Gasteiger charge is -2.06. The van der Waals surface area contributed by atoms with E-state index < -0.39 is 0 Å². The molecule has 0 saturated heterocycles. The molecule has 6 heteroatoms. The monoisotopic (exact) mass is 273 g/mol. The molecule has 0 bridgehead atoms. The first kappa shape index (κ1) is 19.9. The molecule has 0 aliphatic heterocycles. The number of Topliss-reactive ketones (excluding diaryl/α,β-unsaturated/α-hetero) is 1. The number of hydrogen-bond acceptors (Lipinski definition) is 4. The van der Waals surface area contributed by atoms with Crippen molar-refractivity contribution in [1.82, 2.24) is 16.0 Å². The largest absolute Gasteiger partial charge is 0.355 e. The number of likely N-dealkylation sites (N-methyl/N-ethyl adjacent to an activating group) is 1. The maximum atomic E-state index is 10.8. The minimum Gasteiger partial charge on any atom is -0.355 e. The van der Waals surface area contributed by atoms with E-state index in [1.807, 2.05) is 20.8 Å². The normalized spacial score (nSPS) is 9.63. The molecule has 19 heavy (non-hydrogen) atoms. The predicted octanol–water partition coefficient (Wildman–Crippen LogP) is 0.0780. The van der Waals surface area contributed by atoms with E-state index in [2.05, 4.69) is 16.0 Å². The minimum atomic E-state index is 0.0115. The summed E-state index contributed by atoms with van der Waals surface area (Å²) in [7, 11) is 0. The first-order valence-corrected chi connectivity index (χ1v) is 6.54. The van der Waals surface area contributed by atoms with Gasteiger partial charge in [-0.15, -0.1) is 0 Å². The van der Waals surface area contributed by atoms with Crippen molar-refractivity contribution in [3.63, 3.8) is 0 Å². The van der Waals surface area contributed by atoms with Crippen LogP contribution in [0.15, 0.2) is 0 Å². The molecule has 6 nitrogen and oxygen atoms in total. The van der Waals surface area contributed by atoms with Gasteiger partial charge in [0.05, 0.1) is 13.1 Å². The predicted molar refractivity (Wildman–Crippen MR) is 75.7 cm³/mol. The van der Waals surface area contributed by atoms with Crippen LogP contribution in [0, 0.1) is 5.92 Å². The zero-order valence-electron chi connectivity index (χ0n) is 12.6. The Morgan fingerprint density at radius 3 is 2.05 bits per heavy atom. The molecule has 112 valence electrons. The van der Waals surface area contributed by atoms with Crippen molar-refractivity contribution in [3.05, 3.63) is 0 Å². The van der Waals surface area contributed by atoms with E-state index in [1.54, 1.807) is 13.8 Å². The zero-order valence-corrected chi connectivity index (χ0v) is 12.6. The van der Waals surface area contributed by atoms with Crippen LogP contribution in [0.25, 0.3) is 0 Å². The fraction of sp³-hybridized carbons (Fsp3) is 0.769. The minimum absolute atomic E-state index is 0.0115. The maximum Gasteiger partial charge on any atom is 0.233 e. The maximum absolute atomic E-state index is 10.8. The van der Waals surface area contributed by atoms with E-state index >= 15 is 0 Å². The van der Waals surface area contributed by atoms with Crippen LogP contribution in [-0.4, -0.2) is 43.8 Å². The van der Waals surface area contributed by atoms with E-state index in [0.29, 0.717) is 25.5 Å². The summed E-state index contributed by atoms with van der Waals surface area (Å²) in [6.07, 6.45) is 0.528. The Bertz CT molecular complexity index is 266. The SMILES string of the molecule is CC(C)C(=O)CNC=O.CCNC(=O)CNC(C)C. The van der Waals surface area contributed by atoms with Gasteiger partial charge in [-0.1, -0.05) is 27.7 Å². The van der Waals surface area contributed by atoms with Crippen molar-refractivity contribution in [2.24, 2.45) is 5.92 Å². The lowest BCUT2D eigenvalue weighted by atomic mass is 10.1. The van der Waals surface area contributed by atoms with Gasteiger partial charge in [0, 0.05) is 18.5 Å². The number of carbonyl (C=O) groups is 3. The third-order valence-corrected chi connectivity index (χ3v) is 2.05. The summed E-state index contributed by atoms with van der Waals surface area (Å²) >= 11 is 0. The molecule has 0 fully saturated rings. The molecule has 2 amide bonds. The Kier molecular flexibility index (Phi) is 13.6. The topological polar surface area (TPSA) is 87.3 Å². The van der Waals surface area contributed by atoms with Crippen LogP contribution in [0.5, 0.6) is 0 Å². The summed E-state index contributed by atoms with van der Waals surface area (Å²) in [6, 6.07) is 0.377. The van der Waals surface area contributed by atoms with Gasteiger partial charge in [-0.2, -0.15) is 0 Å². The first-order valence-electron chi connectivity index (χ1n) is 6.54. The molecule has 0 heterocycles. The Labute approximate surface area is 115 Å². The van der Waals surface area contributed by atoms with Gasteiger partial charge < -0.3 is 16.0 Å². The van der Waals surface area contributed by atoms with E-state index in [4.69, 9.17) is 0 Å². The van der Waals surface area contributed by atoms with Gasteiger partial charge in [0.1, 0.15) is 0 Å². The third-order valence-electron chi connectivity index (χ3n) is 2.05. The van der Waals surface area contributed by atoms with Crippen molar-refractivity contribution < 1.29 is 14.4 Å². The quantitative estimate of drug-likeness (QED) is 0.547. The molecule has 0 saturated carbocycles. The average Bonchev–Trinajstić information content (AvgIpc) is 2.34. The molecule has 0 unspecified atom stereocenters. The Morgan fingerprint density at radius 1 is 1.11 bits per heavy atom. The van der Waals surface area contributed by atoms with Crippen LogP contribution >= 0.6 is 0 Å². The average molecular weight is 273 g/mol. The van der Waals surface area contributed by atoms with Gasteiger partial charge in [0.15, 0.2) is 5.78 Å². The molecular weight excluding hydrogens is 246 g/mol. The smallest absolute Gasteiger partial charge is 0.233 e. The molecule has 0 radical (unpaired) electrons. The molecular formula is C13H27N3O3. The molecule has 0 spiro atoms. The van der Waals surface area contributed by atoms with Crippen LogP contribution in [0.1, 0.15) is 34.6 Å². The molecule has 0 rings (SSSR count). The Balaban J connectivity index is 0. The fourth-order valence-corrected chi connectivity index (χ4v) is 0.903.